The minimum absolute atomic E-state index is 0.105. The summed E-state index contributed by atoms with van der Waals surface area (Å²) >= 11 is 1.86. The predicted octanol–water partition coefficient (Wildman–Crippen LogP) is 4.16. The first-order valence-corrected chi connectivity index (χ1v) is 9.38. The van der Waals surface area contributed by atoms with Crippen LogP contribution in [0.3, 0.4) is 0 Å². The van der Waals surface area contributed by atoms with Crippen LogP contribution in [0.2, 0.25) is 0 Å². The van der Waals surface area contributed by atoms with Crippen LogP contribution in [0.1, 0.15) is 18.9 Å². The minimum Gasteiger partial charge on any atom is -0.492 e. The van der Waals surface area contributed by atoms with Crippen LogP contribution < -0.4 is 9.64 Å². The second kappa shape index (κ2) is 6.52. The molecule has 3 nitrogen and oxygen atoms in total. The molecular weight excluding hydrogens is 318 g/mol. The third kappa shape index (κ3) is 2.91. The summed E-state index contributed by atoms with van der Waals surface area (Å²) in [5.74, 6) is 1.00. The van der Waals surface area contributed by atoms with Crippen LogP contribution in [0.5, 0.6) is 5.75 Å². The molecule has 0 spiro atoms. The van der Waals surface area contributed by atoms with E-state index in [1.54, 1.807) is 0 Å². The van der Waals surface area contributed by atoms with Crippen LogP contribution >= 0.6 is 11.8 Å². The highest BCUT2D eigenvalue weighted by Crippen LogP contribution is 2.38. The maximum atomic E-state index is 13.2. The smallest absolute Gasteiger partial charge is 0.233 e. The Kier molecular flexibility index (Phi) is 4.23. The van der Waals surface area contributed by atoms with Crippen LogP contribution in [0, 0.1) is 5.92 Å². The van der Waals surface area contributed by atoms with E-state index < -0.39 is 0 Å². The Morgan fingerprint density at radius 1 is 1.17 bits per heavy atom. The Morgan fingerprint density at radius 2 is 1.96 bits per heavy atom. The molecule has 2 atom stereocenters. The van der Waals surface area contributed by atoms with Crippen molar-refractivity contribution >= 4 is 23.4 Å². The highest BCUT2D eigenvalue weighted by atomic mass is 32.2. The van der Waals surface area contributed by atoms with Gasteiger partial charge >= 0.3 is 0 Å². The van der Waals surface area contributed by atoms with Gasteiger partial charge in [0, 0.05) is 16.7 Å². The summed E-state index contributed by atoms with van der Waals surface area (Å²) in [4.78, 5) is 16.4. The molecule has 0 aliphatic carbocycles. The summed E-state index contributed by atoms with van der Waals surface area (Å²) in [5, 5.41) is 0.521. The van der Waals surface area contributed by atoms with Crippen LogP contribution in [0.15, 0.2) is 53.4 Å². The van der Waals surface area contributed by atoms with Crippen molar-refractivity contribution in [3.05, 3.63) is 54.1 Å². The molecule has 2 unspecified atom stereocenters. The number of hydrogen-bond acceptors (Lipinski definition) is 3. The standard InChI is InChI=1S/C20H21NO2S/c1-14-10-11-21(17-7-3-5-9-19(17)24-14)20(22)16-12-15-6-2-4-8-18(15)23-13-16/h2-9,14,16H,10-13H2,1H3. The number of hydrogen-bond donors (Lipinski definition) is 0. The maximum Gasteiger partial charge on any atom is 0.233 e. The van der Waals surface area contributed by atoms with Crippen molar-refractivity contribution in [2.24, 2.45) is 5.92 Å². The van der Waals surface area contributed by atoms with E-state index in [0.717, 1.165) is 36.4 Å². The largest absolute Gasteiger partial charge is 0.492 e. The van der Waals surface area contributed by atoms with Crippen LogP contribution in [-0.4, -0.2) is 24.3 Å². The van der Waals surface area contributed by atoms with Gasteiger partial charge in [-0.15, -0.1) is 11.8 Å². The van der Waals surface area contributed by atoms with Crippen molar-refractivity contribution in [2.45, 2.75) is 29.9 Å². The second-order valence-electron chi connectivity index (χ2n) is 6.49. The molecule has 2 aromatic rings. The van der Waals surface area contributed by atoms with Gasteiger partial charge in [-0.2, -0.15) is 0 Å². The van der Waals surface area contributed by atoms with Crippen molar-refractivity contribution in [1.29, 1.82) is 0 Å². The molecule has 0 saturated heterocycles. The number of carbonyl (C=O) groups excluding carboxylic acids is 1. The van der Waals surface area contributed by atoms with Gasteiger partial charge in [0.15, 0.2) is 0 Å². The zero-order valence-electron chi connectivity index (χ0n) is 13.8. The molecule has 2 aromatic carbocycles. The third-order valence-electron chi connectivity index (χ3n) is 4.74. The van der Waals surface area contributed by atoms with Gasteiger partial charge in [-0.25, -0.2) is 0 Å². The molecule has 4 rings (SSSR count). The highest BCUT2D eigenvalue weighted by Gasteiger charge is 2.32. The van der Waals surface area contributed by atoms with Gasteiger partial charge in [0.2, 0.25) is 5.91 Å². The molecule has 0 radical (unpaired) electrons. The SMILES string of the molecule is CC1CCN(C(=O)C2COc3ccccc3C2)c2ccccc2S1. The van der Waals surface area contributed by atoms with Gasteiger partial charge in [0.1, 0.15) is 12.4 Å². The van der Waals surface area contributed by atoms with Gasteiger partial charge in [0.05, 0.1) is 11.6 Å². The lowest BCUT2D eigenvalue weighted by molar-refractivity contribution is -0.123. The Labute approximate surface area is 147 Å². The lowest BCUT2D eigenvalue weighted by Gasteiger charge is -2.30. The van der Waals surface area contributed by atoms with Gasteiger partial charge in [-0.1, -0.05) is 37.3 Å². The third-order valence-corrected chi connectivity index (χ3v) is 5.97. The zero-order valence-corrected chi connectivity index (χ0v) is 14.6. The summed E-state index contributed by atoms with van der Waals surface area (Å²) in [5.41, 5.74) is 2.18. The molecule has 4 heteroatoms. The number of thioether (sulfide) groups is 1. The molecule has 0 aromatic heterocycles. The summed E-state index contributed by atoms with van der Waals surface area (Å²) in [6.07, 6.45) is 1.77. The molecule has 0 fully saturated rings. The van der Waals surface area contributed by atoms with Crippen LogP contribution in [0.25, 0.3) is 0 Å². The van der Waals surface area contributed by atoms with Gasteiger partial charge in [0.25, 0.3) is 0 Å². The molecule has 2 aliphatic rings. The number of ether oxygens (including phenoxy) is 1. The fourth-order valence-corrected chi connectivity index (χ4v) is 4.54. The van der Waals surface area contributed by atoms with E-state index in [-0.39, 0.29) is 11.8 Å². The lowest BCUT2D eigenvalue weighted by atomic mass is 9.95. The maximum absolute atomic E-state index is 13.2. The number of fused-ring (bicyclic) bond motifs is 2. The summed E-state index contributed by atoms with van der Waals surface area (Å²) in [7, 11) is 0. The van der Waals surface area contributed by atoms with Crippen molar-refractivity contribution in [3.63, 3.8) is 0 Å². The number of nitrogens with zero attached hydrogens (tertiary/aromatic N) is 1. The van der Waals surface area contributed by atoms with E-state index in [1.165, 1.54) is 4.90 Å². The number of para-hydroxylation sites is 2. The molecule has 2 heterocycles. The van der Waals surface area contributed by atoms with E-state index >= 15 is 0 Å². The predicted molar refractivity (Wildman–Crippen MR) is 97.9 cm³/mol. The van der Waals surface area contributed by atoms with Crippen molar-refractivity contribution in [1.82, 2.24) is 0 Å². The summed E-state index contributed by atoms with van der Waals surface area (Å²) in [6.45, 7) is 3.48. The van der Waals surface area contributed by atoms with Gasteiger partial charge in [-0.3, -0.25) is 4.79 Å². The fourth-order valence-electron chi connectivity index (χ4n) is 3.42. The number of rotatable bonds is 1. The first-order valence-electron chi connectivity index (χ1n) is 8.50. The van der Waals surface area contributed by atoms with E-state index in [1.807, 2.05) is 47.0 Å². The second-order valence-corrected chi connectivity index (χ2v) is 7.97. The molecule has 0 bridgehead atoms. The highest BCUT2D eigenvalue weighted by molar-refractivity contribution is 8.00. The molecule has 0 saturated carbocycles. The average Bonchev–Trinajstić information content (AvgIpc) is 2.79. The Bertz CT molecular complexity index is 761. The first-order chi connectivity index (χ1) is 11.7. The number of anilines is 1. The Balaban J connectivity index is 1.61. The minimum atomic E-state index is -0.105. The summed E-state index contributed by atoms with van der Waals surface area (Å²) in [6, 6.07) is 16.3. The van der Waals surface area contributed by atoms with E-state index in [2.05, 4.69) is 25.1 Å². The quantitative estimate of drug-likeness (QED) is 0.781. The fraction of sp³-hybridized carbons (Fsp3) is 0.350. The number of carbonyl (C=O) groups is 1. The van der Waals surface area contributed by atoms with E-state index in [0.29, 0.717) is 11.9 Å². The van der Waals surface area contributed by atoms with E-state index in [9.17, 15) is 4.79 Å². The van der Waals surface area contributed by atoms with Crippen LogP contribution in [0.4, 0.5) is 5.69 Å². The monoisotopic (exact) mass is 339 g/mol. The van der Waals surface area contributed by atoms with Crippen LogP contribution in [-0.2, 0) is 11.2 Å². The number of benzene rings is 2. The molecular formula is C20H21NO2S. The van der Waals surface area contributed by atoms with Gasteiger partial charge in [-0.05, 0) is 36.6 Å². The number of amides is 1. The molecule has 0 N–H and O–H groups in total. The molecule has 1 amide bonds. The average molecular weight is 339 g/mol. The first kappa shape index (κ1) is 15.6. The normalized spacial score (nSPS) is 22.8. The zero-order chi connectivity index (χ0) is 16.5. The summed E-state index contributed by atoms with van der Waals surface area (Å²) < 4.78 is 5.84. The topological polar surface area (TPSA) is 29.5 Å². The molecule has 124 valence electrons. The van der Waals surface area contributed by atoms with Crippen molar-refractivity contribution in [2.75, 3.05) is 18.1 Å². The lowest BCUT2D eigenvalue weighted by Crippen LogP contribution is -2.41. The molecule has 2 aliphatic heterocycles. The molecule has 24 heavy (non-hydrogen) atoms. The van der Waals surface area contributed by atoms with Crippen molar-refractivity contribution in [3.8, 4) is 5.75 Å². The van der Waals surface area contributed by atoms with E-state index in [4.69, 9.17) is 4.74 Å². The Morgan fingerprint density at radius 3 is 2.88 bits per heavy atom. The Hall–Kier alpha value is -1.94. The van der Waals surface area contributed by atoms with Crippen molar-refractivity contribution < 1.29 is 9.53 Å². The van der Waals surface area contributed by atoms with Gasteiger partial charge < -0.3 is 9.64 Å².